The molecule has 0 amide bonds. The fourth-order valence-electron chi connectivity index (χ4n) is 1.83. The van der Waals surface area contributed by atoms with Crippen molar-refractivity contribution in [3.8, 4) is 23.4 Å². The molecule has 0 unspecified atom stereocenters. The molecule has 96 valence electrons. The molecule has 0 fully saturated rings. The Labute approximate surface area is 109 Å². The number of aromatic hydroxyl groups is 1. The Bertz CT molecular complexity index is 709. The van der Waals surface area contributed by atoms with Crippen molar-refractivity contribution < 1.29 is 9.84 Å². The monoisotopic (exact) mass is 256 g/mol. The van der Waals surface area contributed by atoms with Crippen LogP contribution in [0.25, 0.3) is 5.69 Å². The molecule has 0 bridgehead atoms. The smallest absolute Gasteiger partial charge is 0.276 e. The number of nitrogens with zero attached hydrogens (tertiary/aromatic N) is 2. The minimum absolute atomic E-state index is 0.0219. The van der Waals surface area contributed by atoms with Crippen LogP contribution in [0.5, 0.6) is 11.6 Å². The summed E-state index contributed by atoms with van der Waals surface area (Å²) in [6.07, 6.45) is 0. The number of hydrogen-bond donors (Lipinski definition) is 1. The quantitative estimate of drug-likeness (QED) is 0.887. The molecule has 1 heterocycles. The summed E-state index contributed by atoms with van der Waals surface area (Å²) < 4.78 is 6.12. The van der Waals surface area contributed by atoms with E-state index in [1.807, 2.05) is 6.07 Å². The Kier molecular flexibility index (Phi) is 3.25. The van der Waals surface area contributed by atoms with Gasteiger partial charge in [-0.15, -0.1) is 0 Å². The van der Waals surface area contributed by atoms with Gasteiger partial charge in [-0.05, 0) is 36.8 Å². The lowest BCUT2D eigenvalue weighted by molar-refractivity contribution is 0.414. The first-order valence-corrected chi connectivity index (χ1v) is 5.58. The zero-order valence-corrected chi connectivity index (χ0v) is 10.5. The number of rotatable bonds is 2. The first kappa shape index (κ1) is 12.7. The van der Waals surface area contributed by atoms with Crippen LogP contribution in [0.2, 0.25) is 0 Å². The molecule has 1 N–H and O–H groups in total. The number of aryl methyl sites for hydroxylation is 1. The van der Waals surface area contributed by atoms with Crippen molar-refractivity contribution in [2.75, 3.05) is 7.11 Å². The van der Waals surface area contributed by atoms with Gasteiger partial charge in [0.2, 0.25) is 0 Å². The van der Waals surface area contributed by atoms with E-state index in [9.17, 15) is 9.90 Å². The van der Waals surface area contributed by atoms with E-state index < -0.39 is 5.56 Å². The average molecular weight is 256 g/mol. The fraction of sp³-hybridized carbons (Fsp3) is 0.143. The third-order valence-electron chi connectivity index (χ3n) is 2.83. The number of pyridine rings is 1. The fourth-order valence-corrected chi connectivity index (χ4v) is 1.83. The number of benzene rings is 1. The summed E-state index contributed by atoms with van der Waals surface area (Å²) in [6.45, 7) is 1.61. The van der Waals surface area contributed by atoms with Gasteiger partial charge in [0, 0.05) is 6.07 Å². The summed E-state index contributed by atoms with van der Waals surface area (Å²) in [5, 5.41) is 18.9. The highest BCUT2D eigenvalue weighted by molar-refractivity contribution is 5.45. The molecule has 1 aromatic heterocycles. The number of ether oxygens (including phenoxy) is 1. The number of aromatic nitrogens is 1. The molecule has 19 heavy (non-hydrogen) atoms. The van der Waals surface area contributed by atoms with Crippen molar-refractivity contribution in [2.45, 2.75) is 6.92 Å². The van der Waals surface area contributed by atoms with Gasteiger partial charge in [-0.3, -0.25) is 4.79 Å². The lowest BCUT2D eigenvalue weighted by Gasteiger charge is -2.10. The number of nitriles is 1. The van der Waals surface area contributed by atoms with E-state index in [0.29, 0.717) is 17.0 Å². The Morgan fingerprint density at radius 3 is 2.47 bits per heavy atom. The van der Waals surface area contributed by atoms with Gasteiger partial charge in [-0.2, -0.15) is 5.26 Å². The molecule has 0 aliphatic rings. The molecule has 1 aromatic carbocycles. The van der Waals surface area contributed by atoms with Gasteiger partial charge in [-0.1, -0.05) is 0 Å². The summed E-state index contributed by atoms with van der Waals surface area (Å²) in [5.74, 6) is 0.440. The van der Waals surface area contributed by atoms with Crippen molar-refractivity contribution in [3.63, 3.8) is 0 Å². The molecular formula is C14H12N2O3. The van der Waals surface area contributed by atoms with Gasteiger partial charge < -0.3 is 9.84 Å². The molecule has 2 aromatic rings. The summed E-state index contributed by atoms with van der Waals surface area (Å²) in [4.78, 5) is 12.1. The van der Waals surface area contributed by atoms with Gasteiger partial charge in [0.1, 0.15) is 17.4 Å². The molecule has 5 nitrogen and oxygen atoms in total. The van der Waals surface area contributed by atoms with Gasteiger partial charge in [0.05, 0.1) is 12.8 Å². The second-order valence-electron chi connectivity index (χ2n) is 4.01. The second kappa shape index (κ2) is 4.86. The number of hydrogen-bond acceptors (Lipinski definition) is 4. The zero-order chi connectivity index (χ0) is 14.0. The van der Waals surface area contributed by atoms with Crippen LogP contribution >= 0.6 is 0 Å². The van der Waals surface area contributed by atoms with Crippen molar-refractivity contribution in [3.05, 3.63) is 51.8 Å². The summed E-state index contributed by atoms with van der Waals surface area (Å²) in [6, 6.07) is 9.87. The maximum atomic E-state index is 12.1. The molecule has 0 aliphatic heterocycles. The van der Waals surface area contributed by atoms with Crippen LogP contribution in [0.15, 0.2) is 35.1 Å². The maximum absolute atomic E-state index is 12.1. The average Bonchev–Trinajstić information content (AvgIpc) is 2.39. The van der Waals surface area contributed by atoms with Gasteiger partial charge in [0.15, 0.2) is 5.88 Å². The number of methoxy groups -OCH3 is 1. The van der Waals surface area contributed by atoms with Crippen LogP contribution in [0.4, 0.5) is 0 Å². The first-order chi connectivity index (χ1) is 9.08. The van der Waals surface area contributed by atoms with Crippen molar-refractivity contribution in [2.24, 2.45) is 0 Å². The summed E-state index contributed by atoms with van der Waals surface area (Å²) in [5.41, 5.74) is 0.411. The largest absolute Gasteiger partial charge is 0.497 e. The highest BCUT2D eigenvalue weighted by atomic mass is 16.5. The highest BCUT2D eigenvalue weighted by Gasteiger charge is 2.13. The molecule has 5 heteroatoms. The minimum Gasteiger partial charge on any atom is -0.497 e. The maximum Gasteiger partial charge on any atom is 0.276 e. The zero-order valence-electron chi connectivity index (χ0n) is 10.5. The van der Waals surface area contributed by atoms with Crippen molar-refractivity contribution in [1.82, 2.24) is 4.57 Å². The van der Waals surface area contributed by atoms with E-state index in [0.717, 1.165) is 4.57 Å². The predicted molar refractivity (Wildman–Crippen MR) is 69.7 cm³/mol. The van der Waals surface area contributed by atoms with E-state index in [2.05, 4.69) is 0 Å². The van der Waals surface area contributed by atoms with Crippen LogP contribution in [0, 0.1) is 18.3 Å². The topological polar surface area (TPSA) is 75.2 Å². The van der Waals surface area contributed by atoms with E-state index in [-0.39, 0.29) is 11.4 Å². The second-order valence-corrected chi connectivity index (χ2v) is 4.01. The molecule has 2 rings (SSSR count). The summed E-state index contributed by atoms with van der Waals surface area (Å²) >= 11 is 0. The van der Waals surface area contributed by atoms with Gasteiger partial charge in [-0.25, -0.2) is 4.57 Å². The van der Waals surface area contributed by atoms with Crippen molar-refractivity contribution in [1.29, 1.82) is 5.26 Å². The van der Waals surface area contributed by atoms with Crippen LogP contribution < -0.4 is 10.3 Å². The minimum atomic E-state index is -0.537. The van der Waals surface area contributed by atoms with E-state index in [1.54, 1.807) is 31.2 Å². The highest BCUT2D eigenvalue weighted by Crippen LogP contribution is 2.19. The Morgan fingerprint density at radius 2 is 1.95 bits per heavy atom. The van der Waals surface area contributed by atoms with Crippen LogP contribution in [0.3, 0.4) is 0 Å². The molecular weight excluding hydrogens is 244 g/mol. The first-order valence-electron chi connectivity index (χ1n) is 5.58. The van der Waals surface area contributed by atoms with E-state index in [4.69, 9.17) is 10.00 Å². The predicted octanol–water partition coefficient (Wildman–Crippen LogP) is 1.73. The molecule has 0 saturated carbocycles. The molecule has 0 radical (unpaired) electrons. The van der Waals surface area contributed by atoms with Crippen LogP contribution in [-0.4, -0.2) is 16.8 Å². The van der Waals surface area contributed by atoms with E-state index in [1.165, 1.54) is 13.2 Å². The molecule has 0 aliphatic carbocycles. The Hall–Kier alpha value is -2.74. The lowest BCUT2D eigenvalue weighted by atomic mass is 10.1. The van der Waals surface area contributed by atoms with Crippen LogP contribution in [0.1, 0.15) is 11.1 Å². The third-order valence-corrected chi connectivity index (χ3v) is 2.83. The van der Waals surface area contributed by atoms with Crippen LogP contribution in [-0.2, 0) is 0 Å². The summed E-state index contributed by atoms with van der Waals surface area (Å²) in [7, 11) is 1.54. The Morgan fingerprint density at radius 1 is 1.32 bits per heavy atom. The molecule has 0 saturated heterocycles. The van der Waals surface area contributed by atoms with Crippen molar-refractivity contribution >= 4 is 0 Å². The standard InChI is InChI=1S/C14H12N2O3/c1-9-7-13(17)16(14(18)12(9)8-15)10-3-5-11(19-2)6-4-10/h3-7,17H,1-2H3. The normalized spacial score (nSPS) is 9.95. The van der Waals surface area contributed by atoms with E-state index >= 15 is 0 Å². The molecule has 0 atom stereocenters. The lowest BCUT2D eigenvalue weighted by Crippen LogP contribution is -2.22. The Balaban J connectivity index is 2.68. The van der Waals surface area contributed by atoms with Gasteiger partial charge in [0.25, 0.3) is 5.56 Å². The third kappa shape index (κ3) is 2.16. The SMILES string of the molecule is COc1ccc(-n2c(O)cc(C)c(C#N)c2=O)cc1. The molecule has 0 spiro atoms. The van der Waals surface area contributed by atoms with Gasteiger partial charge >= 0.3 is 0 Å².